The third-order valence-electron chi connectivity index (χ3n) is 3.23. The lowest BCUT2D eigenvalue weighted by atomic mass is 10.1. The molecular weight excluding hydrogens is 275 g/mol. The molecule has 0 aliphatic carbocycles. The normalized spacial score (nSPS) is 13.6. The van der Waals surface area contributed by atoms with E-state index in [2.05, 4.69) is 5.32 Å². The van der Waals surface area contributed by atoms with Gasteiger partial charge in [0, 0.05) is 13.7 Å². The number of benzene rings is 1. The Bertz CT molecular complexity index is 468. The van der Waals surface area contributed by atoms with Gasteiger partial charge in [0.2, 0.25) is 5.91 Å². The Morgan fingerprint density at radius 2 is 2.14 bits per heavy atom. The Kier molecular flexibility index (Phi) is 7.11. The topological polar surface area (TPSA) is 73.6 Å². The van der Waals surface area contributed by atoms with Crippen molar-refractivity contribution in [3.8, 4) is 5.75 Å². The zero-order chi connectivity index (χ0) is 15.8. The molecular formula is C15H23FN2O3. The first-order valence-corrected chi connectivity index (χ1v) is 6.88. The SMILES string of the molecule is COCCCC(N)C(=O)NC(C)c1ccc(OC)c(F)c1. The standard InChI is InChI=1S/C15H23FN2O3/c1-10(11-6-7-14(21-3)12(16)9-11)18-15(19)13(17)5-4-8-20-2/h6-7,9-10,13H,4-5,8,17H2,1-3H3,(H,18,19). The number of hydrogen-bond acceptors (Lipinski definition) is 4. The number of hydrogen-bond donors (Lipinski definition) is 2. The van der Waals surface area contributed by atoms with Crippen LogP contribution in [-0.2, 0) is 9.53 Å². The number of ether oxygens (including phenoxy) is 2. The fourth-order valence-corrected chi connectivity index (χ4v) is 1.93. The van der Waals surface area contributed by atoms with Gasteiger partial charge in [-0.05, 0) is 37.5 Å². The second-order valence-electron chi connectivity index (χ2n) is 4.87. The lowest BCUT2D eigenvalue weighted by molar-refractivity contribution is -0.123. The van der Waals surface area contributed by atoms with Gasteiger partial charge in [-0.15, -0.1) is 0 Å². The molecule has 1 aromatic rings. The zero-order valence-corrected chi connectivity index (χ0v) is 12.7. The molecule has 0 bridgehead atoms. The summed E-state index contributed by atoms with van der Waals surface area (Å²) in [5, 5.41) is 2.78. The van der Waals surface area contributed by atoms with Crippen molar-refractivity contribution in [2.75, 3.05) is 20.8 Å². The second-order valence-corrected chi connectivity index (χ2v) is 4.87. The number of carbonyl (C=O) groups excluding carboxylic acids is 1. The predicted octanol–water partition coefficient (Wildman–Crippen LogP) is 1.77. The van der Waals surface area contributed by atoms with E-state index < -0.39 is 11.9 Å². The summed E-state index contributed by atoms with van der Waals surface area (Å²) in [5.74, 6) is -0.538. The lowest BCUT2D eigenvalue weighted by Crippen LogP contribution is -2.41. The van der Waals surface area contributed by atoms with E-state index in [0.29, 0.717) is 18.6 Å². The van der Waals surface area contributed by atoms with Crippen molar-refractivity contribution >= 4 is 5.91 Å². The van der Waals surface area contributed by atoms with Gasteiger partial charge in [-0.25, -0.2) is 4.39 Å². The van der Waals surface area contributed by atoms with E-state index in [-0.39, 0.29) is 17.7 Å². The van der Waals surface area contributed by atoms with Crippen LogP contribution in [0.2, 0.25) is 0 Å². The summed E-state index contributed by atoms with van der Waals surface area (Å²) in [6, 6.07) is 3.67. The molecule has 21 heavy (non-hydrogen) atoms. The predicted molar refractivity (Wildman–Crippen MR) is 78.6 cm³/mol. The van der Waals surface area contributed by atoms with Crippen LogP contribution in [0.3, 0.4) is 0 Å². The molecule has 1 aromatic carbocycles. The molecule has 0 fully saturated rings. The van der Waals surface area contributed by atoms with E-state index in [1.54, 1.807) is 20.1 Å². The highest BCUT2D eigenvalue weighted by Crippen LogP contribution is 2.21. The molecule has 0 saturated carbocycles. The van der Waals surface area contributed by atoms with Crippen molar-refractivity contribution in [3.63, 3.8) is 0 Å². The fourth-order valence-electron chi connectivity index (χ4n) is 1.93. The molecule has 5 nitrogen and oxygen atoms in total. The maximum atomic E-state index is 13.6. The number of rotatable bonds is 8. The van der Waals surface area contributed by atoms with E-state index >= 15 is 0 Å². The first-order valence-electron chi connectivity index (χ1n) is 6.88. The zero-order valence-electron chi connectivity index (χ0n) is 12.7. The summed E-state index contributed by atoms with van der Waals surface area (Å²) in [4.78, 5) is 11.9. The Labute approximate surface area is 124 Å². The van der Waals surface area contributed by atoms with Crippen LogP contribution >= 0.6 is 0 Å². The van der Waals surface area contributed by atoms with Crippen LogP contribution in [0.5, 0.6) is 5.75 Å². The highest BCUT2D eigenvalue weighted by molar-refractivity contribution is 5.81. The Morgan fingerprint density at radius 1 is 1.43 bits per heavy atom. The number of carbonyl (C=O) groups is 1. The van der Waals surface area contributed by atoms with E-state index in [1.807, 2.05) is 0 Å². The number of nitrogens with one attached hydrogen (secondary N) is 1. The van der Waals surface area contributed by atoms with Gasteiger partial charge < -0.3 is 20.5 Å². The molecule has 118 valence electrons. The lowest BCUT2D eigenvalue weighted by Gasteiger charge is -2.18. The third kappa shape index (κ3) is 5.32. The van der Waals surface area contributed by atoms with Crippen molar-refractivity contribution in [3.05, 3.63) is 29.6 Å². The van der Waals surface area contributed by atoms with Crippen molar-refractivity contribution in [1.82, 2.24) is 5.32 Å². The van der Waals surface area contributed by atoms with Gasteiger partial charge in [0.05, 0.1) is 19.2 Å². The Balaban J connectivity index is 2.57. The van der Waals surface area contributed by atoms with Crippen LogP contribution in [-0.4, -0.2) is 32.8 Å². The highest BCUT2D eigenvalue weighted by Gasteiger charge is 2.17. The van der Waals surface area contributed by atoms with Crippen molar-refractivity contribution in [2.24, 2.45) is 5.73 Å². The summed E-state index contributed by atoms with van der Waals surface area (Å²) in [6.45, 7) is 2.35. The average Bonchev–Trinajstić information content (AvgIpc) is 2.47. The summed E-state index contributed by atoms with van der Waals surface area (Å²) < 4.78 is 23.4. The van der Waals surface area contributed by atoms with Crippen LogP contribution in [0.15, 0.2) is 18.2 Å². The smallest absolute Gasteiger partial charge is 0.237 e. The molecule has 0 aliphatic rings. The number of halogens is 1. The van der Waals surface area contributed by atoms with Gasteiger partial charge in [-0.3, -0.25) is 4.79 Å². The molecule has 3 N–H and O–H groups in total. The summed E-state index contributed by atoms with van der Waals surface area (Å²) >= 11 is 0. The monoisotopic (exact) mass is 298 g/mol. The van der Waals surface area contributed by atoms with Gasteiger partial charge in [0.1, 0.15) is 0 Å². The molecule has 0 aromatic heterocycles. The molecule has 0 spiro atoms. The molecule has 1 rings (SSSR count). The third-order valence-corrected chi connectivity index (χ3v) is 3.23. The number of nitrogens with two attached hydrogens (primary N) is 1. The quantitative estimate of drug-likeness (QED) is 0.717. The van der Waals surface area contributed by atoms with Crippen LogP contribution in [0.1, 0.15) is 31.4 Å². The maximum absolute atomic E-state index is 13.6. The number of methoxy groups -OCH3 is 2. The van der Waals surface area contributed by atoms with Gasteiger partial charge in [0.15, 0.2) is 11.6 Å². The number of amides is 1. The molecule has 0 radical (unpaired) electrons. The van der Waals surface area contributed by atoms with E-state index in [9.17, 15) is 9.18 Å². The van der Waals surface area contributed by atoms with Gasteiger partial charge in [-0.1, -0.05) is 6.07 Å². The van der Waals surface area contributed by atoms with Gasteiger partial charge in [0.25, 0.3) is 0 Å². The van der Waals surface area contributed by atoms with E-state index in [4.69, 9.17) is 15.2 Å². The minimum atomic E-state index is -0.592. The molecule has 0 heterocycles. The molecule has 6 heteroatoms. The summed E-state index contributed by atoms with van der Waals surface area (Å²) in [6.07, 6.45) is 1.26. The molecule has 0 saturated heterocycles. The first-order chi connectivity index (χ1) is 9.99. The fraction of sp³-hybridized carbons (Fsp3) is 0.533. The van der Waals surface area contributed by atoms with E-state index in [0.717, 1.165) is 6.42 Å². The molecule has 1 amide bonds. The van der Waals surface area contributed by atoms with Gasteiger partial charge in [-0.2, -0.15) is 0 Å². The largest absolute Gasteiger partial charge is 0.494 e. The average molecular weight is 298 g/mol. The van der Waals surface area contributed by atoms with E-state index in [1.165, 1.54) is 19.2 Å². The molecule has 2 atom stereocenters. The van der Waals surface area contributed by atoms with Crippen molar-refractivity contribution in [1.29, 1.82) is 0 Å². The summed E-state index contributed by atoms with van der Waals surface area (Å²) in [7, 11) is 3.01. The second kappa shape index (κ2) is 8.59. The minimum absolute atomic E-state index is 0.175. The highest BCUT2D eigenvalue weighted by atomic mass is 19.1. The summed E-state index contributed by atoms with van der Waals surface area (Å²) in [5.41, 5.74) is 6.46. The maximum Gasteiger partial charge on any atom is 0.237 e. The van der Waals surface area contributed by atoms with Crippen LogP contribution in [0, 0.1) is 5.82 Å². The van der Waals surface area contributed by atoms with Crippen molar-refractivity contribution < 1.29 is 18.7 Å². The Hall–Kier alpha value is -1.66. The molecule has 2 unspecified atom stereocenters. The first kappa shape index (κ1) is 17.4. The van der Waals surface area contributed by atoms with Gasteiger partial charge >= 0.3 is 0 Å². The van der Waals surface area contributed by atoms with Crippen LogP contribution in [0.4, 0.5) is 4.39 Å². The van der Waals surface area contributed by atoms with Crippen molar-refractivity contribution in [2.45, 2.75) is 31.8 Å². The van der Waals surface area contributed by atoms with Crippen LogP contribution in [0.25, 0.3) is 0 Å². The molecule has 0 aliphatic heterocycles. The minimum Gasteiger partial charge on any atom is -0.494 e. The van der Waals surface area contributed by atoms with Crippen LogP contribution < -0.4 is 15.8 Å². The Morgan fingerprint density at radius 3 is 2.71 bits per heavy atom.